The normalized spacial score (nSPS) is 10.4. The van der Waals surface area contributed by atoms with Gasteiger partial charge in [-0.2, -0.15) is 5.10 Å². The van der Waals surface area contributed by atoms with Gasteiger partial charge in [-0.15, -0.1) is 0 Å². The molecule has 0 aliphatic carbocycles. The van der Waals surface area contributed by atoms with Crippen molar-refractivity contribution >= 4 is 17.3 Å². The van der Waals surface area contributed by atoms with Gasteiger partial charge in [-0.1, -0.05) is 0 Å². The van der Waals surface area contributed by atoms with Gasteiger partial charge in [0, 0.05) is 25.4 Å². The molecule has 0 saturated heterocycles. The van der Waals surface area contributed by atoms with Crippen molar-refractivity contribution in [3.05, 3.63) is 33.9 Å². The topological polar surface area (TPSA) is 125 Å². The summed E-state index contributed by atoms with van der Waals surface area (Å²) in [6, 6.07) is 0. The van der Waals surface area contributed by atoms with Crippen LogP contribution in [0.1, 0.15) is 11.3 Å². The Morgan fingerprint density at radius 3 is 2.84 bits per heavy atom. The highest BCUT2D eigenvalue weighted by atomic mass is 16.6. The van der Waals surface area contributed by atoms with Crippen LogP contribution in [0.4, 0.5) is 17.3 Å². The van der Waals surface area contributed by atoms with E-state index in [4.69, 9.17) is 5.73 Å². The number of nitrogens with one attached hydrogen (secondary N) is 1. The first-order valence-electron chi connectivity index (χ1n) is 5.47. The first-order valence-corrected chi connectivity index (χ1v) is 5.47. The number of nitrogens with two attached hydrogens (primary N) is 1. The Kier molecular flexibility index (Phi) is 3.27. The van der Waals surface area contributed by atoms with Crippen molar-refractivity contribution in [1.29, 1.82) is 0 Å². The average Bonchev–Trinajstić information content (AvgIpc) is 2.64. The van der Waals surface area contributed by atoms with Gasteiger partial charge in [-0.3, -0.25) is 14.8 Å². The zero-order valence-corrected chi connectivity index (χ0v) is 10.5. The zero-order valence-electron chi connectivity index (χ0n) is 10.5. The third kappa shape index (κ3) is 2.59. The second-order valence-electron chi connectivity index (χ2n) is 3.98. The van der Waals surface area contributed by atoms with Gasteiger partial charge in [0.1, 0.15) is 6.33 Å². The van der Waals surface area contributed by atoms with Crippen LogP contribution < -0.4 is 11.1 Å². The molecule has 0 amide bonds. The van der Waals surface area contributed by atoms with Crippen molar-refractivity contribution in [1.82, 2.24) is 19.7 Å². The fraction of sp³-hybridized carbons (Fsp3) is 0.300. The van der Waals surface area contributed by atoms with Crippen molar-refractivity contribution in [3.63, 3.8) is 0 Å². The van der Waals surface area contributed by atoms with Gasteiger partial charge < -0.3 is 11.1 Å². The van der Waals surface area contributed by atoms with E-state index >= 15 is 0 Å². The van der Waals surface area contributed by atoms with Crippen LogP contribution in [0.2, 0.25) is 0 Å². The van der Waals surface area contributed by atoms with Crippen LogP contribution in [0.15, 0.2) is 12.5 Å². The van der Waals surface area contributed by atoms with Gasteiger partial charge in [-0.25, -0.2) is 9.97 Å². The van der Waals surface area contributed by atoms with Crippen LogP contribution in [-0.2, 0) is 13.6 Å². The lowest BCUT2D eigenvalue weighted by Gasteiger charge is -2.05. The first kappa shape index (κ1) is 12.7. The zero-order chi connectivity index (χ0) is 14.0. The minimum Gasteiger partial charge on any atom is -0.378 e. The lowest BCUT2D eigenvalue weighted by atomic mass is 10.2. The van der Waals surface area contributed by atoms with E-state index in [9.17, 15) is 10.1 Å². The first-order chi connectivity index (χ1) is 8.99. The molecule has 9 nitrogen and oxygen atoms in total. The van der Waals surface area contributed by atoms with E-state index in [-0.39, 0.29) is 17.3 Å². The van der Waals surface area contributed by atoms with E-state index in [2.05, 4.69) is 20.4 Å². The van der Waals surface area contributed by atoms with Crippen LogP contribution in [-0.4, -0.2) is 24.7 Å². The molecule has 0 radical (unpaired) electrons. The minimum atomic E-state index is -0.603. The molecule has 0 unspecified atom stereocenters. The second kappa shape index (κ2) is 4.88. The fourth-order valence-electron chi connectivity index (χ4n) is 1.70. The van der Waals surface area contributed by atoms with Crippen molar-refractivity contribution in [2.24, 2.45) is 7.05 Å². The van der Waals surface area contributed by atoms with E-state index in [0.29, 0.717) is 6.54 Å². The number of nitro groups is 1. The summed E-state index contributed by atoms with van der Waals surface area (Å²) in [5.41, 5.74) is 6.93. The number of rotatable bonds is 4. The molecule has 0 aliphatic rings. The Morgan fingerprint density at radius 2 is 2.26 bits per heavy atom. The molecular formula is C10H13N7O2. The SMILES string of the molecule is Cc1nn(C)cc1CNc1ncnc(N)c1[N+](=O)[O-]. The molecule has 0 aliphatic heterocycles. The van der Waals surface area contributed by atoms with Crippen LogP contribution in [0, 0.1) is 17.0 Å². The van der Waals surface area contributed by atoms with Crippen LogP contribution in [0.3, 0.4) is 0 Å². The number of hydrogen-bond donors (Lipinski definition) is 2. The Balaban J connectivity index is 2.22. The highest BCUT2D eigenvalue weighted by molar-refractivity contribution is 5.67. The quantitative estimate of drug-likeness (QED) is 0.611. The molecule has 0 spiro atoms. The number of aryl methyl sites for hydroxylation is 2. The molecule has 0 fully saturated rings. The molecule has 0 bridgehead atoms. The number of anilines is 2. The van der Waals surface area contributed by atoms with E-state index < -0.39 is 4.92 Å². The fourth-order valence-corrected chi connectivity index (χ4v) is 1.70. The molecule has 2 rings (SSSR count). The predicted molar refractivity (Wildman–Crippen MR) is 68.4 cm³/mol. The van der Waals surface area contributed by atoms with Crippen molar-refractivity contribution in [3.8, 4) is 0 Å². The Morgan fingerprint density at radius 1 is 1.53 bits per heavy atom. The summed E-state index contributed by atoms with van der Waals surface area (Å²) in [7, 11) is 1.81. The van der Waals surface area contributed by atoms with Gasteiger partial charge in [0.15, 0.2) is 0 Å². The van der Waals surface area contributed by atoms with Gasteiger partial charge in [0.25, 0.3) is 0 Å². The lowest BCUT2D eigenvalue weighted by molar-refractivity contribution is -0.383. The smallest absolute Gasteiger partial charge is 0.352 e. The molecule has 100 valence electrons. The van der Waals surface area contributed by atoms with E-state index in [1.807, 2.05) is 20.2 Å². The van der Waals surface area contributed by atoms with E-state index in [1.54, 1.807) is 4.68 Å². The molecule has 0 saturated carbocycles. The van der Waals surface area contributed by atoms with Crippen LogP contribution in [0.5, 0.6) is 0 Å². The van der Waals surface area contributed by atoms with Crippen molar-refractivity contribution in [2.45, 2.75) is 13.5 Å². The predicted octanol–water partition coefficient (Wildman–Crippen LogP) is 0.621. The summed E-state index contributed by atoms with van der Waals surface area (Å²) in [6.45, 7) is 2.23. The molecule has 2 aromatic heterocycles. The monoisotopic (exact) mass is 263 g/mol. The second-order valence-corrected chi connectivity index (χ2v) is 3.98. The molecule has 2 aromatic rings. The minimum absolute atomic E-state index is 0.0979. The average molecular weight is 263 g/mol. The van der Waals surface area contributed by atoms with Crippen molar-refractivity contribution < 1.29 is 4.92 Å². The van der Waals surface area contributed by atoms with Crippen LogP contribution >= 0.6 is 0 Å². The third-order valence-electron chi connectivity index (χ3n) is 2.59. The van der Waals surface area contributed by atoms with E-state index in [0.717, 1.165) is 11.3 Å². The maximum atomic E-state index is 10.9. The van der Waals surface area contributed by atoms with Gasteiger partial charge in [-0.05, 0) is 6.92 Å². The summed E-state index contributed by atoms with van der Waals surface area (Å²) in [6.07, 6.45) is 3.01. The summed E-state index contributed by atoms with van der Waals surface area (Å²) in [5, 5.41) is 18.0. The molecule has 19 heavy (non-hydrogen) atoms. The summed E-state index contributed by atoms with van der Waals surface area (Å²) < 4.78 is 1.68. The molecule has 0 aromatic carbocycles. The molecule has 0 atom stereocenters. The number of hydrogen-bond acceptors (Lipinski definition) is 7. The number of aromatic nitrogens is 4. The maximum absolute atomic E-state index is 10.9. The summed E-state index contributed by atoms with van der Waals surface area (Å²) in [5.74, 6) is -0.0637. The Bertz CT molecular complexity index is 622. The lowest BCUT2D eigenvalue weighted by Crippen LogP contribution is -2.08. The molecular weight excluding hydrogens is 250 g/mol. The van der Waals surface area contributed by atoms with E-state index in [1.165, 1.54) is 6.33 Å². The van der Waals surface area contributed by atoms with Crippen molar-refractivity contribution in [2.75, 3.05) is 11.1 Å². The number of nitrogen functional groups attached to an aromatic ring is 1. The van der Waals surface area contributed by atoms with Gasteiger partial charge in [0.05, 0.1) is 10.6 Å². The summed E-state index contributed by atoms with van der Waals surface area (Å²) in [4.78, 5) is 17.8. The maximum Gasteiger partial charge on any atom is 0.352 e. The highest BCUT2D eigenvalue weighted by Gasteiger charge is 2.20. The number of nitrogens with zero attached hydrogens (tertiary/aromatic N) is 5. The standard InChI is InChI=1S/C10H13N7O2/c1-6-7(4-16(2)15-6)3-12-10-8(17(18)19)9(11)13-5-14-10/h4-5H,3H2,1-2H3,(H3,11,12,13,14). The third-order valence-corrected chi connectivity index (χ3v) is 2.59. The largest absolute Gasteiger partial charge is 0.378 e. The molecule has 9 heteroatoms. The molecule has 2 heterocycles. The van der Waals surface area contributed by atoms with Gasteiger partial charge in [0.2, 0.25) is 11.6 Å². The Hall–Kier alpha value is -2.71. The van der Waals surface area contributed by atoms with Gasteiger partial charge >= 0.3 is 5.69 Å². The summed E-state index contributed by atoms with van der Waals surface area (Å²) >= 11 is 0. The Labute approximate surface area is 108 Å². The van der Waals surface area contributed by atoms with Crippen LogP contribution in [0.25, 0.3) is 0 Å². The highest BCUT2D eigenvalue weighted by Crippen LogP contribution is 2.26. The molecule has 3 N–H and O–H groups in total.